The van der Waals surface area contributed by atoms with Crippen molar-refractivity contribution in [1.29, 1.82) is 0 Å². The van der Waals surface area contributed by atoms with Gasteiger partial charge in [0.25, 0.3) is 5.56 Å². The van der Waals surface area contributed by atoms with Crippen molar-refractivity contribution in [3.63, 3.8) is 0 Å². The van der Waals surface area contributed by atoms with E-state index in [0.717, 1.165) is 0 Å². The summed E-state index contributed by atoms with van der Waals surface area (Å²) in [5.74, 6) is 0.803. The minimum Gasteiger partial charge on any atom is -0.493 e. The fourth-order valence-electron chi connectivity index (χ4n) is 4.13. The van der Waals surface area contributed by atoms with Crippen LogP contribution in [-0.2, 0) is 16.1 Å². The molecule has 3 heterocycles. The fourth-order valence-corrected chi connectivity index (χ4v) is 5.15. The molecule has 0 atom stereocenters. The number of thiazole rings is 1. The molecule has 1 aromatic carbocycles. The molecule has 2 aromatic heterocycles. The first kappa shape index (κ1) is 25.2. The second-order valence-corrected chi connectivity index (χ2v) is 9.14. The lowest BCUT2D eigenvalue weighted by atomic mass is 9.96. The molecule has 12 nitrogen and oxygen atoms in total. The predicted octanol–water partition coefficient (Wildman–Crippen LogP) is 1.48. The van der Waals surface area contributed by atoms with E-state index in [1.54, 1.807) is 19.2 Å². The number of benzene rings is 1. The zero-order valence-corrected chi connectivity index (χ0v) is 21.3. The zero-order chi connectivity index (χ0) is 25.8. The Labute approximate surface area is 211 Å². The molecule has 1 fully saturated rings. The van der Waals surface area contributed by atoms with Crippen LogP contribution in [0.1, 0.15) is 12.8 Å². The molecule has 2 amide bonds. The average molecular weight is 517 g/mol. The third-order valence-corrected chi connectivity index (χ3v) is 7.11. The van der Waals surface area contributed by atoms with Crippen molar-refractivity contribution < 1.29 is 23.8 Å². The molecular weight excluding hydrogens is 488 g/mol. The SMILES string of the molecule is CNC(=O)C1CCN(c2nc3ncn(CC(=O)Nc4cc(OC)c(OC)c(OC)c4)c(=O)c3s2)CC1. The summed E-state index contributed by atoms with van der Waals surface area (Å²) in [5.41, 5.74) is 0.426. The van der Waals surface area contributed by atoms with Crippen LogP contribution in [-0.4, -0.2) is 67.8 Å². The molecule has 192 valence electrons. The smallest absolute Gasteiger partial charge is 0.273 e. The van der Waals surface area contributed by atoms with Crippen LogP contribution in [0.25, 0.3) is 10.3 Å². The van der Waals surface area contributed by atoms with E-state index in [1.165, 1.54) is 43.6 Å². The van der Waals surface area contributed by atoms with Crippen LogP contribution < -0.4 is 35.3 Å². The van der Waals surface area contributed by atoms with Crippen molar-refractivity contribution in [3.8, 4) is 17.2 Å². The number of carbonyl (C=O) groups excluding carboxylic acids is 2. The van der Waals surface area contributed by atoms with E-state index in [0.29, 0.717) is 64.3 Å². The number of piperidine rings is 1. The molecule has 0 bridgehead atoms. The van der Waals surface area contributed by atoms with Gasteiger partial charge in [0.15, 0.2) is 22.3 Å². The second kappa shape index (κ2) is 10.8. The van der Waals surface area contributed by atoms with Crippen LogP contribution in [0, 0.1) is 5.92 Å². The molecule has 36 heavy (non-hydrogen) atoms. The molecule has 0 spiro atoms. The van der Waals surface area contributed by atoms with E-state index in [9.17, 15) is 14.4 Å². The Morgan fingerprint density at radius 1 is 1.11 bits per heavy atom. The average Bonchev–Trinajstić information content (AvgIpc) is 3.34. The first-order valence-corrected chi connectivity index (χ1v) is 12.1. The summed E-state index contributed by atoms with van der Waals surface area (Å²) in [6, 6.07) is 3.21. The second-order valence-electron chi connectivity index (χ2n) is 8.16. The fraction of sp³-hybridized carbons (Fsp3) is 0.435. The molecule has 0 aliphatic carbocycles. The Morgan fingerprint density at radius 3 is 2.36 bits per heavy atom. The first-order chi connectivity index (χ1) is 17.4. The number of amides is 2. The van der Waals surface area contributed by atoms with Gasteiger partial charge in [-0.15, -0.1) is 0 Å². The molecule has 1 saturated heterocycles. The summed E-state index contributed by atoms with van der Waals surface area (Å²) in [4.78, 5) is 48.5. The number of hydrogen-bond acceptors (Lipinski definition) is 10. The van der Waals surface area contributed by atoms with Gasteiger partial charge in [-0.25, -0.2) is 4.98 Å². The Bertz CT molecular complexity index is 1310. The van der Waals surface area contributed by atoms with E-state index in [-0.39, 0.29) is 23.9 Å². The van der Waals surface area contributed by atoms with Gasteiger partial charge in [0.2, 0.25) is 17.6 Å². The maximum absolute atomic E-state index is 13.1. The maximum Gasteiger partial charge on any atom is 0.273 e. The summed E-state index contributed by atoms with van der Waals surface area (Å²) in [5, 5.41) is 6.13. The van der Waals surface area contributed by atoms with Crippen molar-refractivity contribution in [2.24, 2.45) is 5.92 Å². The van der Waals surface area contributed by atoms with Gasteiger partial charge in [0.1, 0.15) is 17.6 Å². The Balaban J connectivity index is 1.48. The molecule has 1 aliphatic rings. The van der Waals surface area contributed by atoms with Crippen LogP contribution in [0.2, 0.25) is 0 Å². The highest BCUT2D eigenvalue weighted by atomic mass is 32.1. The van der Waals surface area contributed by atoms with Crippen LogP contribution in [0.3, 0.4) is 0 Å². The zero-order valence-electron chi connectivity index (χ0n) is 20.5. The van der Waals surface area contributed by atoms with Gasteiger partial charge in [-0.2, -0.15) is 4.98 Å². The number of methoxy groups -OCH3 is 3. The number of aromatic nitrogens is 3. The highest BCUT2D eigenvalue weighted by Crippen LogP contribution is 2.40. The lowest BCUT2D eigenvalue weighted by Crippen LogP contribution is -2.39. The van der Waals surface area contributed by atoms with E-state index in [4.69, 9.17) is 14.2 Å². The molecule has 13 heteroatoms. The van der Waals surface area contributed by atoms with Gasteiger partial charge in [-0.3, -0.25) is 19.0 Å². The van der Waals surface area contributed by atoms with Crippen LogP contribution in [0.15, 0.2) is 23.3 Å². The van der Waals surface area contributed by atoms with Gasteiger partial charge in [-0.1, -0.05) is 11.3 Å². The lowest BCUT2D eigenvalue weighted by Gasteiger charge is -2.30. The van der Waals surface area contributed by atoms with Crippen molar-refractivity contribution in [2.75, 3.05) is 51.7 Å². The number of fused-ring (bicyclic) bond motifs is 1. The van der Waals surface area contributed by atoms with E-state index in [1.807, 2.05) is 0 Å². The lowest BCUT2D eigenvalue weighted by molar-refractivity contribution is -0.125. The van der Waals surface area contributed by atoms with Gasteiger partial charge < -0.3 is 29.7 Å². The Morgan fingerprint density at radius 2 is 1.78 bits per heavy atom. The van der Waals surface area contributed by atoms with E-state index >= 15 is 0 Å². The molecule has 0 radical (unpaired) electrons. The number of hydrogen-bond donors (Lipinski definition) is 2. The molecular formula is C23H28N6O6S. The summed E-state index contributed by atoms with van der Waals surface area (Å²) < 4.78 is 17.5. The number of ether oxygens (including phenoxy) is 3. The van der Waals surface area contributed by atoms with E-state index in [2.05, 4.69) is 25.5 Å². The Kier molecular flexibility index (Phi) is 7.58. The van der Waals surface area contributed by atoms with Crippen molar-refractivity contribution >= 4 is 44.3 Å². The monoisotopic (exact) mass is 516 g/mol. The number of carbonyl (C=O) groups is 2. The normalized spacial score (nSPS) is 13.9. The van der Waals surface area contributed by atoms with Crippen molar-refractivity contribution in [1.82, 2.24) is 19.9 Å². The molecule has 0 unspecified atom stereocenters. The van der Waals surface area contributed by atoms with Crippen molar-refractivity contribution in [2.45, 2.75) is 19.4 Å². The minimum absolute atomic E-state index is 0.0138. The third kappa shape index (κ3) is 5.05. The minimum atomic E-state index is -0.423. The van der Waals surface area contributed by atoms with Gasteiger partial charge in [0, 0.05) is 43.9 Å². The molecule has 3 aromatic rings. The summed E-state index contributed by atoms with van der Waals surface area (Å²) in [6.45, 7) is 1.11. The summed E-state index contributed by atoms with van der Waals surface area (Å²) in [6.07, 6.45) is 2.75. The standard InChI is InChI=1S/C23H28N6O6S/c1-24-21(31)13-5-7-28(8-6-13)23-27-20-19(36-23)22(32)29(12-25-20)11-17(30)26-14-9-15(33-2)18(35-4)16(10-14)34-3/h9-10,12-13H,5-8,11H2,1-4H3,(H,24,31)(H,26,30). The maximum atomic E-state index is 13.1. The molecule has 2 N–H and O–H groups in total. The first-order valence-electron chi connectivity index (χ1n) is 11.3. The van der Waals surface area contributed by atoms with Gasteiger partial charge >= 0.3 is 0 Å². The van der Waals surface area contributed by atoms with Crippen molar-refractivity contribution in [3.05, 3.63) is 28.8 Å². The van der Waals surface area contributed by atoms with Crippen LogP contribution in [0.4, 0.5) is 10.8 Å². The van der Waals surface area contributed by atoms with Crippen LogP contribution >= 0.6 is 11.3 Å². The quantitative estimate of drug-likeness (QED) is 0.456. The molecule has 1 aliphatic heterocycles. The highest BCUT2D eigenvalue weighted by molar-refractivity contribution is 7.22. The number of anilines is 2. The summed E-state index contributed by atoms with van der Waals surface area (Å²) >= 11 is 1.24. The third-order valence-electron chi connectivity index (χ3n) is 6.02. The number of nitrogens with one attached hydrogen (secondary N) is 2. The van der Waals surface area contributed by atoms with Gasteiger partial charge in [-0.05, 0) is 12.8 Å². The molecule has 0 saturated carbocycles. The largest absolute Gasteiger partial charge is 0.493 e. The number of rotatable bonds is 8. The Hall–Kier alpha value is -3.87. The molecule has 4 rings (SSSR count). The van der Waals surface area contributed by atoms with Crippen LogP contribution in [0.5, 0.6) is 17.2 Å². The highest BCUT2D eigenvalue weighted by Gasteiger charge is 2.26. The van der Waals surface area contributed by atoms with E-state index < -0.39 is 5.91 Å². The summed E-state index contributed by atoms with van der Waals surface area (Å²) in [7, 11) is 6.10. The topological polar surface area (TPSA) is 137 Å². The predicted molar refractivity (Wildman–Crippen MR) is 135 cm³/mol. The van der Waals surface area contributed by atoms with Gasteiger partial charge in [0.05, 0.1) is 21.3 Å². The number of nitrogens with zero attached hydrogens (tertiary/aromatic N) is 4.